The summed E-state index contributed by atoms with van der Waals surface area (Å²) in [7, 11) is 0. The Labute approximate surface area is 174 Å². The first-order chi connectivity index (χ1) is 14.6. The molecular formula is C21H17N5O3S. The lowest BCUT2D eigenvalue weighted by Gasteiger charge is -2.08. The molecule has 8 nitrogen and oxygen atoms in total. The molecule has 0 aliphatic rings. The summed E-state index contributed by atoms with van der Waals surface area (Å²) in [5.74, 6) is -0.235. The van der Waals surface area contributed by atoms with Crippen molar-refractivity contribution >= 4 is 22.9 Å². The zero-order chi connectivity index (χ0) is 20.9. The average molecular weight is 419 g/mol. The van der Waals surface area contributed by atoms with Gasteiger partial charge in [-0.05, 0) is 24.3 Å². The normalized spacial score (nSPS) is 10.7. The van der Waals surface area contributed by atoms with E-state index < -0.39 is 11.2 Å². The summed E-state index contributed by atoms with van der Waals surface area (Å²) < 4.78 is 1.29. The van der Waals surface area contributed by atoms with Crippen LogP contribution in [0.15, 0.2) is 76.0 Å². The van der Waals surface area contributed by atoms with E-state index in [4.69, 9.17) is 0 Å². The molecule has 3 aromatic heterocycles. The molecule has 9 heteroatoms. The van der Waals surface area contributed by atoms with Crippen molar-refractivity contribution in [1.82, 2.24) is 19.5 Å². The fourth-order valence-electron chi connectivity index (χ4n) is 2.86. The van der Waals surface area contributed by atoms with Crippen molar-refractivity contribution in [2.24, 2.45) is 0 Å². The Morgan fingerprint density at radius 1 is 1.10 bits per heavy atom. The second kappa shape index (κ2) is 8.66. The maximum Gasteiger partial charge on any atom is 0.328 e. The number of carbonyl (C=O) groups excluding carboxylic acids is 1. The number of aryl methyl sites for hydroxylation is 1. The Hall–Kier alpha value is -3.85. The first-order valence-electron chi connectivity index (χ1n) is 9.14. The molecule has 0 saturated heterocycles. The molecule has 30 heavy (non-hydrogen) atoms. The zero-order valence-electron chi connectivity index (χ0n) is 15.7. The predicted octanol–water partition coefficient (Wildman–Crippen LogP) is 2.75. The minimum Gasteiger partial charge on any atom is -0.326 e. The van der Waals surface area contributed by atoms with E-state index in [1.54, 1.807) is 29.8 Å². The predicted molar refractivity (Wildman–Crippen MR) is 115 cm³/mol. The van der Waals surface area contributed by atoms with Crippen LogP contribution in [-0.4, -0.2) is 25.4 Å². The second-order valence-electron chi connectivity index (χ2n) is 6.46. The second-order valence-corrected chi connectivity index (χ2v) is 7.31. The fourth-order valence-corrected chi connectivity index (χ4v) is 3.69. The van der Waals surface area contributed by atoms with Gasteiger partial charge in [0, 0.05) is 59.8 Å². The maximum absolute atomic E-state index is 12.3. The molecule has 2 N–H and O–H groups in total. The third kappa shape index (κ3) is 4.58. The average Bonchev–Trinajstić information content (AvgIpc) is 3.24. The quantitative estimate of drug-likeness (QED) is 0.499. The van der Waals surface area contributed by atoms with Crippen molar-refractivity contribution in [3.63, 3.8) is 0 Å². The summed E-state index contributed by atoms with van der Waals surface area (Å²) in [6, 6.07) is 12.5. The summed E-state index contributed by atoms with van der Waals surface area (Å²) >= 11 is 1.54. The van der Waals surface area contributed by atoms with Gasteiger partial charge in [0.05, 0.1) is 5.69 Å². The van der Waals surface area contributed by atoms with Gasteiger partial charge in [-0.25, -0.2) is 9.78 Å². The molecule has 0 bridgehead atoms. The van der Waals surface area contributed by atoms with Crippen LogP contribution in [0.4, 0.5) is 5.69 Å². The van der Waals surface area contributed by atoms with Gasteiger partial charge in [0.25, 0.3) is 5.56 Å². The van der Waals surface area contributed by atoms with Gasteiger partial charge in [0.2, 0.25) is 5.91 Å². The molecule has 0 atom stereocenters. The van der Waals surface area contributed by atoms with Crippen LogP contribution in [0.5, 0.6) is 0 Å². The lowest BCUT2D eigenvalue weighted by atomic mass is 10.1. The van der Waals surface area contributed by atoms with E-state index in [1.807, 2.05) is 35.7 Å². The van der Waals surface area contributed by atoms with Gasteiger partial charge < -0.3 is 9.88 Å². The summed E-state index contributed by atoms with van der Waals surface area (Å²) in [5, 5.41) is 5.70. The molecule has 3 heterocycles. The minimum absolute atomic E-state index is 0.0963. The Morgan fingerprint density at radius 2 is 1.93 bits per heavy atom. The minimum atomic E-state index is -0.536. The fraction of sp³-hybridized carbons (Fsp3) is 0.0952. The number of rotatable bonds is 6. The van der Waals surface area contributed by atoms with Gasteiger partial charge in [-0.15, -0.1) is 11.3 Å². The topological polar surface area (TPSA) is 110 Å². The number of aromatic amines is 1. The van der Waals surface area contributed by atoms with E-state index in [2.05, 4.69) is 20.3 Å². The number of carbonyl (C=O) groups is 1. The molecule has 0 spiro atoms. The van der Waals surface area contributed by atoms with Gasteiger partial charge in [0.1, 0.15) is 5.01 Å². The van der Waals surface area contributed by atoms with E-state index in [-0.39, 0.29) is 18.9 Å². The van der Waals surface area contributed by atoms with Crippen molar-refractivity contribution in [1.29, 1.82) is 0 Å². The van der Waals surface area contributed by atoms with Gasteiger partial charge >= 0.3 is 5.69 Å². The number of amides is 1. The summed E-state index contributed by atoms with van der Waals surface area (Å²) in [6.07, 6.45) is 4.93. The smallest absolute Gasteiger partial charge is 0.326 e. The van der Waals surface area contributed by atoms with Crippen molar-refractivity contribution in [3.8, 4) is 21.8 Å². The molecule has 0 radical (unpaired) electrons. The maximum atomic E-state index is 12.3. The third-order valence-corrected chi connectivity index (χ3v) is 5.24. The molecule has 1 amide bonds. The van der Waals surface area contributed by atoms with Gasteiger partial charge in [-0.2, -0.15) is 0 Å². The molecule has 0 aliphatic carbocycles. The number of benzene rings is 1. The molecule has 0 unspecified atom stereocenters. The molecule has 0 fully saturated rings. The van der Waals surface area contributed by atoms with E-state index in [0.717, 1.165) is 21.8 Å². The van der Waals surface area contributed by atoms with Crippen LogP contribution in [0.2, 0.25) is 0 Å². The number of anilines is 1. The SMILES string of the molecule is O=C(CCn1ccc(=O)[nH]c1=O)Nc1cccc(-c2csc(-c3ccncc3)n2)c1. The Balaban J connectivity index is 1.43. The van der Waals surface area contributed by atoms with E-state index in [0.29, 0.717) is 5.69 Å². The van der Waals surface area contributed by atoms with Crippen molar-refractivity contribution < 1.29 is 4.79 Å². The molecular weight excluding hydrogens is 402 g/mol. The van der Waals surface area contributed by atoms with Gasteiger partial charge in [-0.1, -0.05) is 12.1 Å². The highest BCUT2D eigenvalue weighted by atomic mass is 32.1. The van der Waals surface area contributed by atoms with Gasteiger partial charge in [0.15, 0.2) is 0 Å². The molecule has 150 valence electrons. The number of hydrogen-bond donors (Lipinski definition) is 2. The lowest BCUT2D eigenvalue weighted by Crippen LogP contribution is -2.29. The number of hydrogen-bond acceptors (Lipinski definition) is 6. The number of nitrogens with zero attached hydrogens (tertiary/aromatic N) is 3. The molecule has 0 saturated carbocycles. The first-order valence-corrected chi connectivity index (χ1v) is 10.0. The number of thiazole rings is 1. The van der Waals surface area contributed by atoms with Crippen LogP contribution in [0.25, 0.3) is 21.8 Å². The Bertz CT molecular complexity index is 1290. The summed E-state index contributed by atoms with van der Waals surface area (Å²) in [5.41, 5.74) is 2.36. The summed E-state index contributed by atoms with van der Waals surface area (Å²) in [6.45, 7) is 0.169. The number of aromatic nitrogens is 4. The van der Waals surface area contributed by atoms with E-state index >= 15 is 0 Å². The van der Waals surface area contributed by atoms with Crippen LogP contribution in [0.3, 0.4) is 0 Å². The van der Waals surface area contributed by atoms with E-state index in [9.17, 15) is 14.4 Å². The number of nitrogens with one attached hydrogen (secondary N) is 2. The lowest BCUT2D eigenvalue weighted by molar-refractivity contribution is -0.116. The highest BCUT2D eigenvalue weighted by Crippen LogP contribution is 2.29. The highest BCUT2D eigenvalue weighted by molar-refractivity contribution is 7.13. The Kier molecular flexibility index (Phi) is 5.62. The number of H-pyrrole nitrogens is 1. The van der Waals surface area contributed by atoms with Crippen molar-refractivity contribution in [3.05, 3.63) is 87.3 Å². The number of pyridine rings is 1. The van der Waals surface area contributed by atoms with Crippen LogP contribution in [0, 0.1) is 0 Å². The van der Waals surface area contributed by atoms with Crippen LogP contribution in [0.1, 0.15) is 6.42 Å². The summed E-state index contributed by atoms with van der Waals surface area (Å²) in [4.78, 5) is 45.9. The standard InChI is InChI=1S/C21H17N5O3S/c27-18(6-10-26-11-7-19(28)25-21(26)29)23-16-3-1-2-15(12-16)17-13-30-20(24-17)14-4-8-22-9-5-14/h1-5,7-9,11-13H,6,10H2,(H,23,27)(H,25,28,29). The van der Waals surface area contributed by atoms with Crippen LogP contribution >= 0.6 is 11.3 Å². The van der Waals surface area contributed by atoms with Crippen molar-refractivity contribution in [2.45, 2.75) is 13.0 Å². The van der Waals surface area contributed by atoms with E-state index in [1.165, 1.54) is 16.8 Å². The first kappa shape index (κ1) is 19.5. The molecule has 1 aromatic carbocycles. The largest absolute Gasteiger partial charge is 0.328 e. The monoisotopic (exact) mass is 419 g/mol. The zero-order valence-corrected chi connectivity index (χ0v) is 16.6. The third-order valence-electron chi connectivity index (χ3n) is 4.35. The van der Waals surface area contributed by atoms with Crippen LogP contribution < -0.4 is 16.6 Å². The molecule has 0 aliphatic heterocycles. The molecule has 4 rings (SSSR count). The van der Waals surface area contributed by atoms with Crippen LogP contribution in [-0.2, 0) is 11.3 Å². The molecule has 4 aromatic rings. The van der Waals surface area contributed by atoms with Crippen molar-refractivity contribution in [2.75, 3.05) is 5.32 Å². The Morgan fingerprint density at radius 3 is 2.73 bits per heavy atom. The highest BCUT2D eigenvalue weighted by Gasteiger charge is 2.09. The van der Waals surface area contributed by atoms with Gasteiger partial charge in [-0.3, -0.25) is 19.6 Å².